The summed E-state index contributed by atoms with van der Waals surface area (Å²) in [7, 11) is 3.64. The molecule has 3 nitrogen and oxygen atoms in total. The van der Waals surface area contributed by atoms with Gasteiger partial charge in [0.05, 0.1) is 12.5 Å². The molecule has 3 heteroatoms. The lowest BCUT2D eigenvalue weighted by molar-refractivity contribution is 0.419. The monoisotopic (exact) mass is 219 g/mol. The molecule has 0 amide bonds. The molecule has 0 atom stereocenters. The summed E-state index contributed by atoms with van der Waals surface area (Å²) in [6.07, 6.45) is 2.04. The molecule has 0 aliphatic carbocycles. The highest BCUT2D eigenvalue weighted by Gasteiger charge is 2.07. The zero-order valence-corrected chi connectivity index (χ0v) is 9.75. The van der Waals surface area contributed by atoms with Gasteiger partial charge in [0.1, 0.15) is 17.1 Å². The van der Waals surface area contributed by atoms with Gasteiger partial charge in [-0.2, -0.15) is 0 Å². The van der Waals surface area contributed by atoms with Crippen LogP contribution in [0.5, 0.6) is 5.75 Å². The number of ether oxygens (including phenoxy) is 1. The fraction of sp³-hybridized carbons (Fsp3) is 0.385. The van der Waals surface area contributed by atoms with E-state index in [-0.39, 0.29) is 0 Å². The van der Waals surface area contributed by atoms with Crippen LogP contribution in [0.25, 0.3) is 11.0 Å². The van der Waals surface area contributed by atoms with Crippen LogP contribution in [0.3, 0.4) is 0 Å². The molecule has 0 aliphatic heterocycles. The highest BCUT2D eigenvalue weighted by molar-refractivity contribution is 5.84. The average Bonchev–Trinajstić information content (AvgIpc) is 2.71. The molecule has 0 unspecified atom stereocenters. The fourth-order valence-electron chi connectivity index (χ4n) is 1.83. The number of fused-ring (bicyclic) bond motifs is 1. The third kappa shape index (κ3) is 2.19. The number of hydrogen-bond donors (Lipinski definition) is 1. The van der Waals surface area contributed by atoms with Gasteiger partial charge in [-0.05, 0) is 38.2 Å². The smallest absolute Gasteiger partial charge is 0.138 e. The molecule has 0 saturated carbocycles. The maximum absolute atomic E-state index is 5.75. The number of benzene rings is 1. The first kappa shape index (κ1) is 11.0. The number of hydrogen-bond acceptors (Lipinski definition) is 3. The molecule has 86 valence electrons. The lowest BCUT2D eigenvalue weighted by Gasteiger charge is -1.98. The van der Waals surface area contributed by atoms with Crippen molar-refractivity contribution >= 4 is 11.0 Å². The molecule has 0 spiro atoms. The first-order valence-electron chi connectivity index (χ1n) is 5.55. The Bertz CT molecular complexity index is 462. The van der Waals surface area contributed by atoms with E-state index >= 15 is 0 Å². The van der Waals surface area contributed by atoms with Gasteiger partial charge < -0.3 is 14.5 Å². The molecule has 0 aliphatic rings. The minimum Gasteiger partial charge on any atom is -0.496 e. The summed E-state index contributed by atoms with van der Waals surface area (Å²) < 4.78 is 11.0. The summed E-state index contributed by atoms with van der Waals surface area (Å²) in [5.41, 5.74) is 0.902. The van der Waals surface area contributed by atoms with Crippen molar-refractivity contribution in [2.45, 2.75) is 12.8 Å². The second-order valence-electron chi connectivity index (χ2n) is 3.79. The van der Waals surface area contributed by atoms with Crippen molar-refractivity contribution < 1.29 is 9.15 Å². The Kier molecular flexibility index (Phi) is 3.47. The van der Waals surface area contributed by atoms with Gasteiger partial charge in [-0.3, -0.25) is 0 Å². The van der Waals surface area contributed by atoms with Gasteiger partial charge in [0.2, 0.25) is 0 Å². The standard InChI is InChI=1S/C13H17NO2/c1-14-8-4-5-10-9-11-12(15-2)6-3-7-13(11)16-10/h3,6-7,9,14H,4-5,8H2,1-2H3. The number of furan rings is 1. The summed E-state index contributed by atoms with van der Waals surface area (Å²) in [6, 6.07) is 7.94. The number of nitrogens with one attached hydrogen (secondary N) is 1. The molecule has 0 saturated heterocycles. The Hall–Kier alpha value is -1.48. The van der Waals surface area contributed by atoms with Crippen molar-refractivity contribution in [1.82, 2.24) is 5.32 Å². The van der Waals surface area contributed by atoms with Crippen molar-refractivity contribution in [3.8, 4) is 5.75 Å². The first-order chi connectivity index (χ1) is 7.85. The van der Waals surface area contributed by atoms with Crippen LogP contribution in [0.4, 0.5) is 0 Å². The van der Waals surface area contributed by atoms with E-state index in [1.165, 1.54) is 0 Å². The minimum absolute atomic E-state index is 0.876. The third-order valence-corrected chi connectivity index (χ3v) is 2.64. The Balaban J connectivity index is 2.22. The molecule has 1 aromatic heterocycles. The topological polar surface area (TPSA) is 34.4 Å². The molecule has 0 bridgehead atoms. The van der Waals surface area contributed by atoms with Crippen molar-refractivity contribution in [3.63, 3.8) is 0 Å². The van der Waals surface area contributed by atoms with E-state index in [1.807, 2.05) is 25.2 Å². The quantitative estimate of drug-likeness (QED) is 0.785. The largest absolute Gasteiger partial charge is 0.496 e. The number of rotatable bonds is 5. The van der Waals surface area contributed by atoms with Crippen LogP contribution in [0.2, 0.25) is 0 Å². The van der Waals surface area contributed by atoms with Crippen LogP contribution in [0, 0.1) is 0 Å². The van der Waals surface area contributed by atoms with Gasteiger partial charge in [-0.1, -0.05) is 6.07 Å². The molecule has 16 heavy (non-hydrogen) atoms. The van der Waals surface area contributed by atoms with Gasteiger partial charge in [-0.25, -0.2) is 0 Å². The zero-order chi connectivity index (χ0) is 11.4. The average molecular weight is 219 g/mol. The van der Waals surface area contributed by atoms with E-state index in [2.05, 4.69) is 11.4 Å². The molecular weight excluding hydrogens is 202 g/mol. The molecule has 0 fully saturated rings. The predicted octanol–water partition coefficient (Wildman–Crippen LogP) is 2.59. The Morgan fingerprint density at radius 2 is 2.25 bits per heavy atom. The van der Waals surface area contributed by atoms with Crippen LogP contribution in [0.15, 0.2) is 28.7 Å². The maximum atomic E-state index is 5.75. The van der Waals surface area contributed by atoms with Gasteiger partial charge >= 0.3 is 0 Å². The summed E-state index contributed by atoms with van der Waals surface area (Å²) >= 11 is 0. The second-order valence-corrected chi connectivity index (χ2v) is 3.79. The van der Waals surface area contributed by atoms with Crippen molar-refractivity contribution in [2.75, 3.05) is 20.7 Å². The lowest BCUT2D eigenvalue weighted by Crippen LogP contribution is -2.07. The maximum Gasteiger partial charge on any atom is 0.138 e. The van der Waals surface area contributed by atoms with Crippen LogP contribution >= 0.6 is 0 Å². The normalized spacial score (nSPS) is 10.9. The van der Waals surface area contributed by atoms with E-state index in [9.17, 15) is 0 Å². The molecule has 2 aromatic rings. The van der Waals surface area contributed by atoms with Crippen LogP contribution < -0.4 is 10.1 Å². The summed E-state index contributed by atoms with van der Waals surface area (Å²) in [6.45, 7) is 1.01. The van der Waals surface area contributed by atoms with Crippen molar-refractivity contribution in [3.05, 3.63) is 30.0 Å². The van der Waals surface area contributed by atoms with Crippen LogP contribution in [-0.4, -0.2) is 20.7 Å². The number of aryl methyl sites for hydroxylation is 1. The predicted molar refractivity (Wildman–Crippen MR) is 65.0 cm³/mol. The third-order valence-electron chi connectivity index (χ3n) is 2.64. The summed E-state index contributed by atoms with van der Waals surface area (Å²) in [5, 5.41) is 4.19. The van der Waals surface area contributed by atoms with Gasteiger partial charge in [0, 0.05) is 6.42 Å². The molecule has 1 N–H and O–H groups in total. The molecule has 0 radical (unpaired) electrons. The fourth-order valence-corrected chi connectivity index (χ4v) is 1.83. The van der Waals surface area contributed by atoms with Gasteiger partial charge in [0.25, 0.3) is 0 Å². The van der Waals surface area contributed by atoms with Crippen LogP contribution in [0.1, 0.15) is 12.2 Å². The summed E-state index contributed by atoms with van der Waals surface area (Å²) in [5.74, 6) is 1.90. The number of methoxy groups -OCH3 is 1. The van der Waals surface area contributed by atoms with Gasteiger partial charge in [0.15, 0.2) is 0 Å². The van der Waals surface area contributed by atoms with Crippen LogP contribution in [-0.2, 0) is 6.42 Å². The van der Waals surface area contributed by atoms with E-state index in [0.29, 0.717) is 0 Å². The van der Waals surface area contributed by atoms with E-state index in [1.54, 1.807) is 7.11 Å². The first-order valence-corrected chi connectivity index (χ1v) is 5.55. The zero-order valence-electron chi connectivity index (χ0n) is 9.75. The molecule has 1 aromatic carbocycles. The lowest BCUT2D eigenvalue weighted by atomic mass is 10.2. The SMILES string of the molecule is CNCCCc1cc2c(OC)cccc2o1. The Morgan fingerprint density at radius 3 is 3.00 bits per heavy atom. The van der Waals surface area contributed by atoms with Gasteiger partial charge in [-0.15, -0.1) is 0 Å². The highest BCUT2D eigenvalue weighted by atomic mass is 16.5. The van der Waals surface area contributed by atoms with E-state index in [4.69, 9.17) is 9.15 Å². The summed E-state index contributed by atoms with van der Waals surface area (Å²) in [4.78, 5) is 0. The highest BCUT2D eigenvalue weighted by Crippen LogP contribution is 2.28. The van der Waals surface area contributed by atoms with E-state index in [0.717, 1.165) is 41.9 Å². The van der Waals surface area contributed by atoms with E-state index < -0.39 is 0 Å². The van der Waals surface area contributed by atoms with Crippen molar-refractivity contribution in [1.29, 1.82) is 0 Å². The molecule has 1 heterocycles. The second kappa shape index (κ2) is 5.03. The van der Waals surface area contributed by atoms with Crippen molar-refractivity contribution in [2.24, 2.45) is 0 Å². The molecule has 2 rings (SSSR count). The Labute approximate surface area is 95.4 Å². The minimum atomic E-state index is 0.876. The Morgan fingerprint density at radius 1 is 1.38 bits per heavy atom. The molecular formula is C13H17NO2.